The highest BCUT2D eigenvalue weighted by Gasteiger charge is 2.36. The zero-order chi connectivity index (χ0) is 9.30. The number of ether oxygens (including phenoxy) is 1. The van der Waals surface area contributed by atoms with Crippen LogP contribution in [0.1, 0.15) is 13.3 Å². The Morgan fingerprint density at radius 1 is 1.91 bits per heavy atom. The summed E-state index contributed by atoms with van der Waals surface area (Å²) in [4.78, 5) is 21.7. The maximum absolute atomic E-state index is 11.0. The lowest BCUT2D eigenvalue weighted by molar-refractivity contribution is -0.153. The van der Waals surface area contributed by atoms with Crippen LogP contribution in [0, 0.1) is 5.92 Å². The maximum atomic E-state index is 11.0. The number of cyclic esters (lactones) is 2. The van der Waals surface area contributed by atoms with Crippen LogP contribution in [0.3, 0.4) is 0 Å². The zero-order valence-electron chi connectivity index (χ0n) is 7.53. The van der Waals surface area contributed by atoms with Crippen molar-refractivity contribution in [2.75, 3.05) is 0 Å². The Bertz CT molecular complexity index is 221. The van der Waals surface area contributed by atoms with E-state index in [0.717, 1.165) is 0 Å². The van der Waals surface area contributed by atoms with Crippen LogP contribution < -0.4 is 0 Å². The molecule has 5 heteroatoms. The van der Waals surface area contributed by atoms with E-state index < -0.39 is 20.3 Å². The highest BCUT2D eigenvalue weighted by molar-refractivity contribution is 7.67. The summed E-state index contributed by atoms with van der Waals surface area (Å²) in [7, 11) is 0.852. The minimum absolute atomic E-state index is 0.0426. The second kappa shape index (κ2) is 3.35. The molecule has 1 saturated heterocycles. The molecule has 0 aliphatic carbocycles. The first-order valence-corrected chi connectivity index (χ1v) is 4.89. The van der Waals surface area contributed by atoms with Gasteiger partial charge in [-0.3, -0.25) is 9.59 Å². The molecule has 1 aliphatic heterocycles. The Morgan fingerprint density at radius 3 is 2.91 bits per heavy atom. The van der Waals surface area contributed by atoms with Crippen LogP contribution in [0.4, 0.5) is 0 Å². The van der Waals surface area contributed by atoms with Crippen molar-refractivity contribution in [2.24, 2.45) is 5.92 Å². The first-order chi connectivity index (χ1) is 5.52. The van der Waals surface area contributed by atoms with Gasteiger partial charge in [-0.1, -0.05) is 6.92 Å². The van der Waals surface area contributed by atoms with Crippen molar-refractivity contribution in [1.82, 2.24) is 0 Å². The highest BCUT2D eigenvalue weighted by Crippen LogP contribution is 2.29. The fraction of sp³-hybridized carbons (Fsp3) is 0.667. The van der Waals surface area contributed by atoms with Gasteiger partial charge in [0.05, 0.1) is 12.3 Å². The third kappa shape index (κ3) is 1.81. The fourth-order valence-corrected chi connectivity index (χ4v) is 1.63. The summed E-state index contributed by atoms with van der Waals surface area (Å²) >= 11 is 0. The number of rotatable bonds is 2. The van der Waals surface area contributed by atoms with Crippen LogP contribution in [0.5, 0.6) is 0 Å². The molecule has 1 rings (SSSR count). The predicted molar refractivity (Wildman–Crippen MR) is 45.5 cm³/mol. The molecule has 0 saturated carbocycles. The Balaban J connectivity index is 2.64. The minimum Gasteiger partial charge on any atom is -0.393 e. The van der Waals surface area contributed by atoms with Crippen molar-refractivity contribution in [3.63, 3.8) is 0 Å². The number of hydrogen-bond acceptors (Lipinski definition) is 3. The topological polar surface area (TPSA) is 43.4 Å². The van der Waals surface area contributed by atoms with E-state index in [2.05, 4.69) is 4.74 Å². The normalized spacial score (nSPS) is 31.0. The second-order valence-corrected chi connectivity index (χ2v) is 3.93. The van der Waals surface area contributed by atoms with Gasteiger partial charge in [0.2, 0.25) is 0 Å². The largest absolute Gasteiger partial charge is 0.393 e. The van der Waals surface area contributed by atoms with E-state index in [1.165, 1.54) is 0 Å². The lowest BCUT2D eigenvalue weighted by Crippen LogP contribution is -2.17. The van der Waals surface area contributed by atoms with Crippen molar-refractivity contribution in [1.29, 1.82) is 1.28 Å². The van der Waals surface area contributed by atoms with Gasteiger partial charge in [-0.05, 0) is 5.66 Å². The fourth-order valence-electron chi connectivity index (χ4n) is 1.04. The van der Waals surface area contributed by atoms with Crippen LogP contribution >= 0.6 is 8.40 Å². The Labute approximate surface area is 69.3 Å². The first kappa shape index (κ1) is 7.29. The van der Waals surface area contributed by atoms with Crippen molar-refractivity contribution in [2.45, 2.75) is 19.0 Å². The van der Waals surface area contributed by atoms with Gasteiger partial charge in [-0.15, -0.1) is 0 Å². The summed E-state index contributed by atoms with van der Waals surface area (Å²) in [5.41, 5.74) is -0.0426. The molecular formula is C6H10BO3P. The summed E-state index contributed by atoms with van der Waals surface area (Å²) < 4.78 is 11.8. The summed E-state index contributed by atoms with van der Waals surface area (Å²) in [5, 5.41) is 0. The maximum Gasteiger partial charge on any atom is 0.317 e. The molecule has 3 atom stereocenters. The molecule has 3 nitrogen and oxygen atoms in total. The van der Waals surface area contributed by atoms with Gasteiger partial charge in [0.15, 0.2) is 0 Å². The van der Waals surface area contributed by atoms with Crippen molar-refractivity contribution < 1.29 is 14.3 Å². The Hall–Kier alpha value is -0.365. The second-order valence-electron chi connectivity index (χ2n) is 2.60. The molecule has 1 aliphatic rings. The molecule has 0 N–H and O–H groups in total. The molecule has 1 fully saturated rings. The number of carbonyl (C=O) groups is 2. The molecule has 0 amide bonds. The van der Waals surface area contributed by atoms with Crippen molar-refractivity contribution >= 4 is 27.9 Å². The average molecular weight is 173 g/mol. The van der Waals surface area contributed by atoms with Crippen LogP contribution in [-0.2, 0) is 14.3 Å². The SMILES string of the molecule is [2H]P(B)C(C)C1CC(=O)OC1=O. The van der Waals surface area contributed by atoms with Crippen LogP contribution in [0.25, 0.3) is 0 Å². The van der Waals surface area contributed by atoms with Gasteiger partial charge in [0.25, 0.3) is 0 Å². The smallest absolute Gasteiger partial charge is 0.317 e. The molecule has 0 spiro atoms. The average Bonchev–Trinajstić information content (AvgIpc) is 2.28. The van der Waals surface area contributed by atoms with E-state index in [9.17, 15) is 9.59 Å². The van der Waals surface area contributed by atoms with Crippen LogP contribution in [0.15, 0.2) is 0 Å². The molecule has 1 heterocycles. The quantitative estimate of drug-likeness (QED) is 0.249. The molecule has 0 radical (unpaired) electrons. The van der Waals surface area contributed by atoms with Gasteiger partial charge < -0.3 is 4.74 Å². The van der Waals surface area contributed by atoms with E-state index in [0.29, 0.717) is 0 Å². The standard InChI is InChI=1S/C6H10BO3P/c1-3(11-7)4-2-5(8)10-6(4)9/h3-4,11H,2,7H2,1H3/i11D. The number of hydrogen-bond donors (Lipinski definition) is 0. The number of esters is 2. The highest BCUT2D eigenvalue weighted by atomic mass is 31.1. The minimum atomic E-state index is -0.921. The summed E-state index contributed by atoms with van der Waals surface area (Å²) in [6.45, 7) is 1.82. The molecule has 11 heavy (non-hydrogen) atoms. The summed E-state index contributed by atoms with van der Waals surface area (Å²) in [6.07, 6.45) is 0.158. The van der Waals surface area contributed by atoms with E-state index in [1.807, 2.05) is 6.92 Å². The van der Waals surface area contributed by atoms with Gasteiger partial charge in [-0.25, -0.2) is 0 Å². The van der Waals surface area contributed by atoms with E-state index >= 15 is 0 Å². The lowest BCUT2D eigenvalue weighted by atomic mass is 10.1. The van der Waals surface area contributed by atoms with Gasteiger partial charge >= 0.3 is 11.9 Å². The molecule has 0 aromatic rings. The number of carbonyl (C=O) groups excluding carboxylic acids is 2. The summed E-state index contributed by atoms with van der Waals surface area (Å²) in [5.74, 6) is -1.27. The van der Waals surface area contributed by atoms with E-state index in [1.54, 1.807) is 7.57 Å². The molecule has 0 bridgehead atoms. The van der Waals surface area contributed by atoms with E-state index in [-0.39, 0.29) is 18.0 Å². The predicted octanol–water partition coefficient (Wildman–Crippen LogP) is -0.309. The summed E-state index contributed by atoms with van der Waals surface area (Å²) in [6, 6.07) is 0. The zero-order valence-corrected chi connectivity index (χ0v) is 7.43. The third-order valence-corrected chi connectivity index (χ3v) is 3.07. The lowest BCUT2D eigenvalue weighted by Gasteiger charge is -2.11. The third-order valence-electron chi connectivity index (χ3n) is 1.89. The molecule has 0 aromatic heterocycles. The monoisotopic (exact) mass is 173 g/mol. The van der Waals surface area contributed by atoms with Crippen molar-refractivity contribution in [3.05, 3.63) is 0 Å². The molecule has 3 unspecified atom stereocenters. The van der Waals surface area contributed by atoms with E-state index in [4.69, 9.17) is 1.28 Å². The molecular weight excluding hydrogens is 162 g/mol. The van der Waals surface area contributed by atoms with Gasteiger partial charge in [-0.2, -0.15) is 8.40 Å². The van der Waals surface area contributed by atoms with Crippen molar-refractivity contribution in [3.8, 4) is 0 Å². The Kier molecular flexibility index (Phi) is 2.22. The van der Waals surface area contributed by atoms with Gasteiger partial charge in [0, 0.05) is 1.28 Å². The van der Waals surface area contributed by atoms with Gasteiger partial charge in [0.1, 0.15) is 7.57 Å². The first-order valence-electron chi connectivity index (χ1n) is 3.93. The Morgan fingerprint density at radius 2 is 2.55 bits per heavy atom. The van der Waals surface area contributed by atoms with Crippen LogP contribution in [-0.4, -0.2) is 26.4 Å². The molecule has 60 valence electrons. The molecule has 0 aromatic carbocycles. The van der Waals surface area contributed by atoms with Crippen LogP contribution in [0.2, 0.25) is 0 Å².